The first-order valence-electron chi connectivity index (χ1n) is 7.47. The Morgan fingerprint density at radius 2 is 1.82 bits per heavy atom. The molecule has 5 heteroatoms. The monoisotopic (exact) mass is 325 g/mol. The summed E-state index contributed by atoms with van der Waals surface area (Å²) < 4.78 is 10.5. The fourth-order valence-electron chi connectivity index (χ4n) is 1.72. The van der Waals surface area contributed by atoms with Crippen LogP contribution in [0.3, 0.4) is 0 Å². The standard InChI is InChI=1S/C17H27NO3S/c1-12(2)15(18-16(19)21-17(3,4)5)11-22-14-9-7-13(20-6)8-10-14/h7-10,12,15H,11H2,1-6H3,(H,18,19)/t15-/m1/s1. The van der Waals surface area contributed by atoms with Gasteiger partial charge >= 0.3 is 6.09 Å². The van der Waals surface area contributed by atoms with E-state index in [9.17, 15) is 4.79 Å². The lowest BCUT2D eigenvalue weighted by Gasteiger charge is -2.25. The molecule has 0 radical (unpaired) electrons. The third-order valence-corrected chi connectivity index (χ3v) is 4.13. The van der Waals surface area contributed by atoms with Crippen LogP contribution in [0, 0.1) is 5.92 Å². The van der Waals surface area contributed by atoms with Crippen molar-refractivity contribution in [2.24, 2.45) is 5.92 Å². The maximum absolute atomic E-state index is 11.9. The van der Waals surface area contributed by atoms with Crippen molar-refractivity contribution >= 4 is 17.9 Å². The molecule has 0 heterocycles. The van der Waals surface area contributed by atoms with Gasteiger partial charge in [-0.1, -0.05) is 13.8 Å². The highest BCUT2D eigenvalue weighted by Gasteiger charge is 2.21. The lowest BCUT2D eigenvalue weighted by Crippen LogP contribution is -2.43. The molecule has 0 aromatic heterocycles. The Morgan fingerprint density at radius 3 is 2.27 bits per heavy atom. The van der Waals surface area contributed by atoms with E-state index in [1.807, 2.05) is 45.0 Å². The van der Waals surface area contributed by atoms with Gasteiger partial charge < -0.3 is 14.8 Å². The summed E-state index contributed by atoms with van der Waals surface area (Å²) in [5.41, 5.74) is -0.477. The van der Waals surface area contributed by atoms with Crippen molar-refractivity contribution in [3.8, 4) is 5.75 Å². The summed E-state index contributed by atoms with van der Waals surface area (Å²) in [4.78, 5) is 13.1. The second-order valence-corrected chi connectivity index (χ2v) is 7.58. The average molecular weight is 325 g/mol. The van der Waals surface area contributed by atoms with Crippen LogP contribution in [0.25, 0.3) is 0 Å². The van der Waals surface area contributed by atoms with E-state index < -0.39 is 5.60 Å². The molecule has 0 aliphatic heterocycles. The summed E-state index contributed by atoms with van der Waals surface area (Å²) in [5.74, 6) is 1.97. The second kappa shape index (κ2) is 8.32. The van der Waals surface area contributed by atoms with Crippen LogP contribution in [0.15, 0.2) is 29.2 Å². The molecular formula is C17H27NO3S. The highest BCUT2D eigenvalue weighted by molar-refractivity contribution is 7.99. The topological polar surface area (TPSA) is 47.6 Å². The molecule has 0 aliphatic rings. The molecule has 124 valence electrons. The summed E-state index contributed by atoms with van der Waals surface area (Å²) in [7, 11) is 1.65. The van der Waals surface area contributed by atoms with Gasteiger partial charge in [0.25, 0.3) is 0 Å². The van der Waals surface area contributed by atoms with Crippen molar-refractivity contribution in [2.75, 3.05) is 12.9 Å². The SMILES string of the molecule is COc1ccc(SC[C@@H](NC(=O)OC(C)(C)C)C(C)C)cc1. The first-order chi connectivity index (χ1) is 10.2. The first kappa shape index (κ1) is 18.7. The maximum Gasteiger partial charge on any atom is 0.407 e. The van der Waals surface area contributed by atoms with E-state index in [0.717, 1.165) is 16.4 Å². The van der Waals surface area contributed by atoms with Gasteiger partial charge in [0, 0.05) is 16.7 Å². The van der Waals surface area contributed by atoms with Crippen LogP contribution < -0.4 is 10.1 Å². The quantitative estimate of drug-likeness (QED) is 0.791. The minimum atomic E-state index is -0.477. The Balaban J connectivity index is 2.55. The fraction of sp³-hybridized carbons (Fsp3) is 0.588. The molecule has 0 saturated carbocycles. The molecule has 1 rings (SSSR count). The Kier molecular flexibility index (Phi) is 7.07. The number of methoxy groups -OCH3 is 1. The van der Waals surface area contributed by atoms with Gasteiger partial charge in [0.1, 0.15) is 11.4 Å². The Bertz CT molecular complexity index is 466. The number of ether oxygens (including phenoxy) is 2. The van der Waals surface area contributed by atoms with Crippen LogP contribution in [0.4, 0.5) is 4.79 Å². The predicted octanol–water partition coefficient (Wildman–Crippen LogP) is 4.34. The van der Waals surface area contributed by atoms with Crippen molar-refractivity contribution in [3.05, 3.63) is 24.3 Å². The van der Waals surface area contributed by atoms with E-state index in [1.165, 1.54) is 0 Å². The number of rotatable bonds is 6. The van der Waals surface area contributed by atoms with E-state index in [-0.39, 0.29) is 12.1 Å². The van der Waals surface area contributed by atoms with Crippen LogP contribution >= 0.6 is 11.8 Å². The highest BCUT2D eigenvalue weighted by atomic mass is 32.2. The molecule has 1 amide bonds. The summed E-state index contributed by atoms with van der Waals surface area (Å²) in [6, 6.07) is 7.98. The molecule has 1 aromatic rings. The summed E-state index contributed by atoms with van der Waals surface area (Å²) in [6.07, 6.45) is -0.360. The molecule has 0 unspecified atom stereocenters. The number of thioether (sulfide) groups is 1. The molecule has 0 spiro atoms. The molecule has 0 aliphatic carbocycles. The number of nitrogens with one attached hydrogen (secondary N) is 1. The van der Waals surface area contributed by atoms with Crippen LogP contribution in [-0.2, 0) is 4.74 Å². The Morgan fingerprint density at radius 1 is 1.23 bits per heavy atom. The van der Waals surface area contributed by atoms with Gasteiger partial charge in [-0.25, -0.2) is 4.79 Å². The minimum absolute atomic E-state index is 0.0574. The third-order valence-electron chi connectivity index (χ3n) is 3.00. The van der Waals surface area contributed by atoms with Crippen molar-refractivity contribution in [1.82, 2.24) is 5.32 Å². The summed E-state index contributed by atoms with van der Waals surface area (Å²) >= 11 is 1.71. The lowest BCUT2D eigenvalue weighted by molar-refractivity contribution is 0.0497. The van der Waals surface area contributed by atoms with Gasteiger partial charge in [-0.3, -0.25) is 0 Å². The second-order valence-electron chi connectivity index (χ2n) is 6.48. The number of benzene rings is 1. The Hall–Kier alpha value is -1.36. The molecule has 0 fully saturated rings. The minimum Gasteiger partial charge on any atom is -0.497 e. The number of carbonyl (C=O) groups excluding carboxylic acids is 1. The van der Waals surface area contributed by atoms with E-state index in [2.05, 4.69) is 19.2 Å². The van der Waals surface area contributed by atoms with Crippen molar-refractivity contribution in [2.45, 2.75) is 51.2 Å². The van der Waals surface area contributed by atoms with Gasteiger partial charge in [-0.15, -0.1) is 11.8 Å². The lowest BCUT2D eigenvalue weighted by atomic mass is 10.1. The fourth-order valence-corrected chi connectivity index (χ4v) is 2.89. The zero-order chi connectivity index (χ0) is 16.8. The number of amides is 1. The molecule has 0 saturated heterocycles. The smallest absolute Gasteiger partial charge is 0.407 e. The predicted molar refractivity (Wildman–Crippen MR) is 91.7 cm³/mol. The number of carbonyl (C=O) groups is 1. The maximum atomic E-state index is 11.9. The zero-order valence-corrected chi connectivity index (χ0v) is 15.1. The van der Waals surface area contributed by atoms with E-state index in [4.69, 9.17) is 9.47 Å². The van der Waals surface area contributed by atoms with E-state index >= 15 is 0 Å². The number of alkyl carbamates (subject to hydrolysis) is 1. The number of hydrogen-bond acceptors (Lipinski definition) is 4. The zero-order valence-electron chi connectivity index (χ0n) is 14.3. The average Bonchev–Trinajstić information content (AvgIpc) is 2.41. The first-order valence-corrected chi connectivity index (χ1v) is 8.46. The van der Waals surface area contributed by atoms with Crippen LogP contribution in [-0.4, -0.2) is 30.6 Å². The van der Waals surface area contributed by atoms with Crippen LogP contribution in [0.1, 0.15) is 34.6 Å². The van der Waals surface area contributed by atoms with E-state index in [1.54, 1.807) is 18.9 Å². The summed E-state index contributed by atoms with van der Waals surface area (Å²) in [5, 5.41) is 2.96. The molecule has 0 bridgehead atoms. The van der Waals surface area contributed by atoms with Gasteiger partial charge in [-0.05, 0) is 51.0 Å². The van der Waals surface area contributed by atoms with Crippen molar-refractivity contribution in [3.63, 3.8) is 0 Å². The van der Waals surface area contributed by atoms with Gasteiger partial charge in [0.05, 0.1) is 7.11 Å². The van der Waals surface area contributed by atoms with Gasteiger partial charge in [0.15, 0.2) is 0 Å². The normalized spacial score (nSPS) is 12.9. The van der Waals surface area contributed by atoms with Gasteiger partial charge in [0.2, 0.25) is 0 Å². The van der Waals surface area contributed by atoms with Gasteiger partial charge in [-0.2, -0.15) is 0 Å². The highest BCUT2D eigenvalue weighted by Crippen LogP contribution is 2.23. The Labute approximate surface area is 138 Å². The van der Waals surface area contributed by atoms with E-state index in [0.29, 0.717) is 5.92 Å². The third kappa shape index (κ3) is 7.07. The van der Waals surface area contributed by atoms with Crippen LogP contribution in [0.2, 0.25) is 0 Å². The molecular weight excluding hydrogens is 298 g/mol. The molecule has 1 atom stereocenters. The van der Waals surface area contributed by atoms with Crippen molar-refractivity contribution < 1.29 is 14.3 Å². The number of hydrogen-bond donors (Lipinski definition) is 1. The largest absolute Gasteiger partial charge is 0.497 e. The molecule has 1 aromatic carbocycles. The molecule has 4 nitrogen and oxygen atoms in total. The van der Waals surface area contributed by atoms with Crippen LogP contribution in [0.5, 0.6) is 5.75 Å². The van der Waals surface area contributed by atoms with Crippen molar-refractivity contribution in [1.29, 1.82) is 0 Å². The summed E-state index contributed by atoms with van der Waals surface area (Å²) in [6.45, 7) is 9.78. The molecule has 1 N–H and O–H groups in total. The molecule has 22 heavy (non-hydrogen) atoms.